The van der Waals surface area contributed by atoms with Crippen molar-refractivity contribution < 1.29 is 17.8 Å². The molecule has 2 atom stereocenters. The smallest absolute Gasteiger partial charge is 0.280 e. The summed E-state index contributed by atoms with van der Waals surface area (Å²) in [5, 5.41) is 0. The van der Waals surface area contributed by atoms with Crippen molar-refractivity contribution in [3.8, 4) is 0 Å². The van der Waals surface area contributed by atoms with Crippen LogP contribution in [-0.2, 0) is 13.6 Å². The average Bonchev–Trinajstić information content (AvgIpc) is 1.80. The van der Waals surface area contributed by atoms with Gasteiger partial charge < -0.3 is 0 Å². The van der Waals surface area contributed by atoms with Crippen LogP contribution in [0.3, 0.4) is 0 Å². The van der Waals surface area contributed by atoms with Crippen LogP contribution in [0, 0.1) is 5.41 Å². The van der Waals surface area contributed by atoms with Gasteiger partial charge in [-0.1, -0.05) is 13.8 Å². The molecule has 1 fully saturated rings. The normalized spacial score (nSPS) is 43.1. The summed E-state index contributed by atoms with van der Waals surface area (Å²) >= 11 is 0. The van der Waals surface area contributed by atoms with Crippen LogP contribution in [0.4, 0.5) is 4.20 Å². The number of hydrogen-bond donors (Lipinski definition) is 0. The van der Waals surface area contributed by atoms with Crippen molar-refractivity contribution in [1.82, 2.24) is 0 Å². The maximum absolute atomic E-state index is 13.1. The highest BCUT2D eigenvalue weighted by atomic mass is 31.2. The Kier molecular flexibility index (Phi) is 2.39. The van der Waals surface area contributed by atoms with Gasteiger partial charge in [0.1, 0.15) is 0 Å². The van der Waals surface area contributed by atoms with Gasteiger partial charge in [-0.05, 0) is 20.8 Å². The Balaban J connectivity index is 3.03. The van der Waals surface area contributed by atoms with Crippen molar-refractivity contribution in [1.29, 1.82) is 0 Å². The van der Waals surface area contributed by atoms with Crippen LogP contribution in [0.1, 0.15) is 34.6 Å². The van der Waals surface area contributed by atoms with E-state index in [1.807, 2.05) is 13.8 Å². The van der Waals surface area contributed by atoms with Crippen LogP contribution in [0.15, 0.2) is 0 Å². The van der Waals surface area contributed by atoms with Crippen LogP contribution in [0.2, 0.25) is 0 Å². The fraction of sp³-hybridized carbons (Fsp3) is 1.00. The van der Waals surface area contributed by atoms with E-state index in [4.69, 9.17) is 9.05 Å². The summed E-state index contributed by atoms with van der Waals surface area (Å²) < 4.78 is 33.6. The molecule has 0 aromatic heterocycles. The van der Waals surface area contributed by atoms with Gasteiger partial charge in [-0.3, -0.25) is 9.05 Å². The monoisotopic (exact) mass is 210 g/mol. The standard InChI is InChI=1S/C8H16FO3P/c1-6-7(2,3)8(4,5)12-13(9,10)11-6/h6H,1-5H3. The lowest BCUT2D eigenvalue weighted by molar-refractivity contribution is -0.130. The third-order valence-corrected chi connectivity index (χ3v) is 4.43. The Morgan fingerprint density at radius 3 is 2.15 bits per heavy atom. The minimum absolute atomic E-state index is 0.368. The van der Waals surface area contributed by atoms with E-state index in [-0.39, 0.29) is 5.41 Å². The van der Waals surface area contributed by atoms with Gasteiger partial charge in [-0.15, -0.1) is 4.20 Å². The predicted molar refractivity (Wildman–Crippen MR) is 48.2 cm³/mol. The molecule has 1 aliphatic rings. The van der Waals surface area contributed by atoms with Crippen molar-refractivity contribution >= 4 is 7.91 Å². The largest absolute Gasteiger partial charge is 0.513 e. The molecule has 0 aromatic rings. The lowest BCUT2D eigenvalue weighted by Gasteiger charge is -2.48. The Bertz CT molecular complexity index is 262. The summed E-state index contributed by atoms with van der Waals surface area (Å²) in [5.41, 5.74) is -1.15. The van der Waals surface area contributed by atoms with Crippen LogP contribution < -0.4 is 0 Å². The zero-order chi connectivity index (χ0) is 10.5. The fourth-order valence-electron chi connectivity index (χ4n) is 1.22. The van der Waals surface area contributed by atoms with Crippen molar-refractivity contribution in [3.63, 3.8) is 0 Å². The highest BCUT2D eigenvalue weighted by molar-refractivity contribution is 7.48. The molecular weight excluding hydrogens is 194 g/mol. The number of hydrogen-bond acceptors (Lipinski definition) is 3. The van der Waals surface area contributed by atoms with E-state index in [2.05, 4.69) is 0 Å². The highest BCUT2D eigenvalue weighted by Crippen LogP contribution is 2.63. The molecule has 5 heteroatoms. The van der Waals surface area contributed by atoms with Crippen LogP contribution >= 0.6 is 7.91 Å². The molecule has 0 saturated carbocycles. The van der Waals surface area contributed by atoms with Crippen molar-refractivity contribution in [2.75, 3.05) is 0 Å². The molecule has 13 heavy (non-hydrogen) atoms. The second-order valence-electron chi connectivity index (χ2n) is 4.50. The first kappa shape index (κ1) is 11.2. The minimum atomic E-state index is -4.34. The summed E-state index contributed by atoms with van der Waals surface area (Å²) in [6.45, 7) is 8.95. The predicted octanol–water partition coefficient (Wildman–Crippen LogP) is 3.30. The first-order valence-electron chi connectivity index (χ1n) is 4.27. The SMILES string of the molecule is CC1OP(=O)(F)OC(C)(C)C1(C)C. The molecule has 0 amide bonds. The first-order valence-corrected chi connectivity index (χ1v) is 5.71. The maximum Gasteiger partial charge on any atom is 0.513 e. The molecule has 0 aliphatic carbocycles. The second-order valence-corrected chi connectivity index (χ2v) is 5.76. The number of rotatable bonds is 0. The Morgan fingerprint density at radius 1 is 1.31 bits per heavy atom. The van der Waals surface area contributed by atoms with Gasteiger partial charge in [-0.25, -0.2) is 4.57 Å². The van der Waals surface area contributed by atoms with E-state index >= 15 is 0 Å². The molecule has 0 N–H and O–H groups in total. The molecule has 0 aromatic carbocycles. The molecule has 3 nitrogen and oxygen atoms in total. The third kappa shape index (κ3) is 1.80. The molecule has 1 aliphatic heterocycles. The van der Waals surface area contributed by atoms with Crippen LogP contribution in [0.25, 0.3) is 0 Å². The van der Waals surface area contributed by atoms with Crippen molar-refractivity contribution in [2.45, 2.75) is 46.3 Å². The summed E-state index contributed by atoms with van der Waals surface area (Å²) in [7, 11) is -4.34. The topological polar surface area (TPSA) is 35.5 Å². The molecule has 1 heterocycles. The summed E-state index contributed by atoms with van der Waals surface area (Å²) in [4.78, 5) is 0. The zero-order valence-electron chi connectivity index (χ0n) is 8.63. The van der Waals surface area contributed by atoms with Gasteiger partial charge in [0, 0.05) is 5.41 Å². The van der Waals surface area contributed by atoms with Gasteiger partial charge >= 0.3 is 7.91 Å². The quantitative estimate of drug-likeness (QED) is 0.575. The first-order chi connectivity index (χ1) is 5.58. The highest BCUT2D eigenvalue weighted by Gasteiger charge is 2.54. The van der Waals surface area contributed by atoms with Gasteiger partial charge in [0.25, 0.3) is 0 Å². The molecule has 0 radical (unpaired) electrons. The van der Waals surface area contributed by atoms with E-state index in [0.717, 1.165) is 0 Å². The average molecular weight is 210 g/mol. The summed E-state index contributed by atoms with van der Waals surface area (Å²) in [6.07, 6.45) is -0.424. The van der Waals surface area contributed by atoms with Crippen molar-refractivity contribution in [3.05, 3.63) is 0 Å². The lowest BCUT2D eigenvalue weighted by Crippen LogP contribution is -2.51. The Hall–Kier alpha value is 0.0800. The summed E-state index contributed by atoms with van der Waals surface area (Å²) in [6, 6.07) is 0. The van der Waals surface area contributed by atoms with Crippen LogP contribution in [0.5, 0.6) is 0 Å². The van der Waals surface area contributed by atoms with E-state index in [1.54, 1.807) is 20.8 Å². The fourth-order valence-corrected chi connectivity index (χ4v) is 2.69. The molecule has 78 valence electrons. The molecular formula is C8H16FO3P. The Labute approximate surface area is 78.3 Å². The van der Waals surface area contributed by atoms with Crippen LogP contribution in [-0.4, -0.2) is 11.7 Å². The van der Waals surface area contributed by atoms with Gasteiger partial charge in [0.2, 0.25) is 0 Å². The van der Waals surface area contributed by atoms with Gasteiger partial charge in [0.05, 0.1) is 11.7 Å². The third-order valence-electron chi connectivity index (χ3n) is 3.19. The molecule has 1 saturated heterocycles. The molecule has 1 rings (SSSR count). The summed E-state index contributed by atoms with van der Waals surface area (Å²) in [5.74, 6) is 0. The lowest BCUT2D eigenvalue weighted by atomic mass is 9.73. The van der Waals surface area contributed by atoms with Gasteiger partial charge in [-0.2, -0.15) is 0 Å². The molecule has 0 bridgehead atoms. The maximum atomic E-state index is 13.1. The molecule has 2 unspecified atom stereocenters. The van der Waals surface area contributed by atoms with Gasteiger partial charge in [0.15, 0.2) is 0 Å². The van der Waals surface area contributed by atoms with E-state index in [9.17, 15) is 8.76 Å². The number of halogens is 1. The second kappa shape index (κ2) is 2.78. The van der Waals surface area contributed by atoms with E-state index in [1.165, 1.54) is 0 Å². The van der Waals surface area contributed by atoms with Crippen molar-refractivity contribution in [2.24, 2.45) is 5.41 Å². The Morgan fingerprint density at radius 2 is 1.77 bits per heavy atom. The molecule has 0 spiro atoms. The zero-order valence-corrected chi connectivity index (χ0v) is 9.52. The minimum Gasteiger partial charge on any atom is -0.280 e. The van der Waals surface area contributed by atoms with E-state index in [0.29, 0.717) is 0 Å². The van der Waals surface area contributed by atoms with E-state index < -0.39 is 19.6 Å².